The number of hydrogen-bond donors (Lipinski definition) is 0. The van der Waals surface area contributed by atoms with Crippen LogP contribution in [0, 0.1) is 11.8 Å². The van der Waals surface area contributed by atoms with Crippen molar-refractivity contribution in [3.05, 3.63) is 12.2 Å². The molecule has 0 aromatic heterocycles. The van der Waals surface area contributed by atoms with E-state index in [0.29, 0.717) is 5.88 Å². The van der Waals surface area contributed by atoms with Gasteiger partial charge in [-0.3, -0.25) is 0 Å². The average molecular weight is 173 g/mol. The minimum atomic E-state index is -0.508. The van der Waals surface area contributed by atoms with Gasteiger partial charge in [-0.25, -0.2) is 4.79 Å². The van der Waals surface area contributed by atoms with Crippen molar-refractivity contribution < 1.29 is 9.53 Å². The summed E-state index contributed by atoms with van der Waals surface area (Å²) >= 11 is 5.32. The number of esters is 1. The van der Waals surface area contributed by atoms with Crippen LogP contribution in [-0.4, -0.2) is 18.5 Å². The van der Waals surface area contributed by atoms with Gasteiger partial charge in [0.05, 0.1) is 0 Å². The zero-order valence-corrected chi connectivity index (χ0v) is 7.02. The Labute approximate surface area is 71.2 Å². The summed E-state index contributed by atoms with van der Waals surface area (Å²) in [5.41, 5.74) is 0. The lowest BCUT2D eigenvalue weighted by atomic mass is 10.5. The Morgan fingerprint density at radius 2 is 2.36 bits per heavy atom. The second kappa shape index (κ2) is 7.17. The predicted octanol–water partition coefficient (Wildman–Crippen LogP) is 1.35. The van der Waals surface area contributed by atoms with Gasteiger partial charge in [-0.05, 0) is 6.92 Å². The Morgan fingerprint density at radius 1 is 1.64 bits per heavy atom. The second-order valence-electron chi connectivity index (χ2n) is 1.60. The van der Waals surface area contributed by atoms with Crippen LogP contribution in [0.1, 0.15) is 6.92 Å². The number of hydrogen-bond acceptors (Lipinski definition) is 2. The molecule has 0 heterocycles. The third kappa shape index (κ3) is 6.95. The van der Waals surface area contributed by atoms with Crippen molar-refractivity contribution >= 4 is 17.6 Å². The first-order chi connectivity index (χ1) is 5.31. The summed E-state index contributed by atoms with van der Waals surface area (Å²) in [6.45, 7) is 1.82. The molecule has 3 heteroatoms. The molecule has 0 amide bonds. The third-order valence-electron chi connectivity index (χ3n) is 0.793. The fourth-order valence-corrected chi connectivity index (χ4v) is 0.519. The molecule has 0 fully saturated rings. The van der Waals surface area contributed by atoms with Crippen LogP contribution in [0.3, 0.4) is 0 Å². The number of halogens is 1. The van der Waals surface area contributed by atoms with Gasteiger partial charge in [0.2, 0.25) is 0 Å². The molecule has 0 bridgehead atoms. The van der Waals surface area contributed by atoms with E-state index >= 15 is 0 Å². The minimum Gasteiger partial charge on any atom is -0.452 e. The molecular weight excluding hydrogens is 164 g/mol. The highest BCUT2D eigenvalue weighted by Crippen LogP contribution is 1.81. The molecule has 0 aliphatic carbocycles. The molecule has 2 nitrogen and oxygen atoms in total. The van der Waals surface area contributed by atoms with Gasteiger partial charge >= 0.3 is 5.97 Å². The maximum atomic E-state index is 10.5. The molecule has 0 N–H and O–H groups in total. The summed E-state index contributed by atoms with van der Waals surface area (Å²) in [5.74, 6) is 4.60. The Balaban J connectivity index is 3.44. The van der Waals surface area contributed by atoms with Crippen molar-refractivity contribution in [1.82, 2.24) is 0 Å². The monoisotopic (exact) mass is 172 g/mol. The highest BCUT2D eigenvalue weighted by molar-refractivity contribution is 6.18. The summed E-state index contributed by atoms with van der Waals surface area (Å²) in [5, 5.41) is 0. The maximum absolute atomic E-state index is 10.5. The van der Waals surface area contributed by atoms with Crippen LogP contribution in [0.15, 0.2) is 12.2 Å². The number of ether oxygens (including phenoxy) is 1. The zero-order valence-electron chi connectivity index (χ0n) is 6.26. The minimum absolute atomic E-state index is 0.236. The Hall–Kier alpha value is -0.940. The summed E-state index contributed by atoms with van der Waals surface area (Å²) in [7, 11) is 0. The first-order valence-corrected chi connectivity index (χ1v) is 3.65. The van der Waals surface area contributed by atoms with Crippen molar-refractivity contribution in [2.75, 3.05) is 12.5 Å². The smallest absolute Gasteiger partial charge is 0.384 e. The molecule has 0 aromatic carbocycles. The molecule has 0 unspecified atom stereocenters. The lowest BCUT2D eigenvalue weighted by Gasteiger charge is -1.92. The van der Waals surface area contributed by atoms with Gasteiger partial charge in [-0.2, -0.15) is 0 Å². The maximum Gasteiger partial charge on any atom is 0.384 e. The average Bonchev–Trinajstić information content (AvgIpc) is 1.99. The van der Waals surface area contributed by atoms with Gasteiger partial charge < -0.3 is 4.74 Å². The van der Waals surface area contributed by atoms with Gasteiger partial charge in [0.15, 0.2) is 0 Å². The third-order valence-corrected chi connectivity index (χ3v) is 0.972. The van der Waals surface area contributed by atoms with E-state index in [0.717, 1.165) is 0 Å². The number of rotatable bonds is 3. The highest BCUT2D eigenvalue weighted by Gasteiger charge is 1.90. The SMILES string of the molecule is CC#CC(=O)OCC=CCCl. The van der Waals surface area contributed by atoms with E-state index in [9.17, 15) is 4.79 Å². The molecule has 0 saturated heterocycles. The molecule has 0 rings (SSSR count). The number of carbonyl (C=O) groups is 1. The van der Waals surface area contributed by atoms with E-state index < -0.39 is 5.97 Å². The van der Waals surface area contributed by atoms with Crippen molar-refractivity contribution in [2.24, 2.45) is 0 Å². The van der Waals surface area contributed by atoms with Crippen LogP contribution in [0.25, 0.3) is 0 Å². The van der Waals surface area contributed by atoms with Gasteiger partial charge in [0, 0.05) is 11.8 Å². The second-order valence-corrected chi connectivity index (χ2v) is 1.91. The molecule has 0 aliphatic rings. The van der Waals surface area contributed by atoms with E-state index in [1.165, 1.54) is 0 Å². The summed E-state index contributed by atoms with van der Waals surface area (Å²) in [4.78, 5) is 10.5. The summed E-state index contributed by atoms with van der Waals surface area (Å²) in [6.07, 6.45) is 3.37. The van der Waals surface area contributed by atoms with E-state index in [4.69, 9.17) is 11.6 Å². The van der Waals surface area contributed by atoms with Gasteiger partial charge in [-0.1, -0.05) is 18.1 Å². The molecule has 0 aromatic rings. The quantitative estimate of drug-likeness (QED) is 0.211. The van der Waals surface area contributed by atoms with Crippen LogP contribution < -0.4 is 0 Å². The van der Waals surface area contributed by atoms with Crippen molar-refractivity contribution in [3.63, 3.8) is 0 Å². The Morgan fingerprint density at radius 3 is 2.91 bits per heavy atom. The largest absolute Gasteiger partial charge is 0.452 e. The van der Waals surface area contributed by atoms with E-state index in [1.54, 1.807) is 19.1 Å². The number of alkyl halides is 1. The zero-order chi connectivity index (χ0) is 8.53. The Bertz CT molecular complexity index is 198. The lowest BCUT2D eigenvalue weighted by molar-refractivity contribution is -0.135. The van der Waals surface area contributed by atoms with Crippen LogP contribution in [0.5, 0.6) is 0 Å². The first kappa shape index (κ1) is 10.1. The number of allylic oxidation sites excluding steroid dienone is 1. The first-order valence-electron chi connectivity index (χ1n) is 3.11. The van der Waals surface area contributed by atoms with Gasteiger partial charge in [-0.15, -0.1) is 11.6 Å². The van der Waals surface area contributed by atoms with Crippen LogP contribution >= 0.6 is 11.6 Å². The predicted molar refractivity (Wildman–Crippen MR) is 44.3 cm³/mol. The Kier molecular flexibility index (Phi) is 6.56. The van der Waals surface area contributed by atoms with Crippen molar-refractivity contribution in [2.45, 2.75) is 6.92 Å². The summed E-state index contributed by atoms with van der Waals surface area (Å²) < 4.78 is 4.63. The van der Waals surface area contributed by atoms with E-state index in [1.807, 2.05) is 0 Å². The van der Waals surface area contributed by atoms with Crippen molar-refractivity contribution in [3.8, 4) is 11.8 Å². The topological polar surface area (TPSA) is 26.3 Å². The van der Waals surface area contributed by atoms with E-state index in [2.05, 4.69) is 16.6 Å². The molecule has 0 saturated carbocycles. The van der Waals surface area contributed by atoms with Crippen LogP contribution in [0.2, 0.25) is 0 Å². The van der Waals surface area contributed by atoms with Gasteiger partial charge in [0.25, 0.3) is 0 Å². The normalized spacial score (nSPS) is 8.91. The lowest BCUT2D eigenvalue weighted by Crippen LogP contribution is -2.00. The van der Waals surface area contributed by atoms with Crippen LogP contribution in [0.4, 0.5) is 0 Å². The highest BCUT2D eigenvalue weighted by atomic mass is 35.5. The molecule has 0 atom stereocenters. The molecule has 11 heavy (non-hydrogen) atoms. The number of carbonyl (C=O) groups excluding carboxylic acids is 1. The summed E-state index contributed by atoms with van der Waals surface area (Å²) in [6, 6.07) is 0. The molecule has 0 radical (unpaired) electrons. The molecule has 0 aliphatic heterocycles. The fourth-order valence-electron chi connectivity index (χ4n) is 0.393. The standard InChI is InChI=1S/C8H9ClO2/c1-2-5-8(10)11-7-4-3-6-9/h3-4H,6-7H2,1H3. The van der Waals surface area contributed by atoms with Gasteiger partial charge in [0.1, 0.15) is 6.61 Å². The molecule has 60 valence electrons. The molecule has 0 spiro atoms. The molecular formula is C8H9ClO2. The fraction of sp³-hybridized carbons (Fsp3) is 0.375. The van der Waals surface area contributed by atoms with Crippen molar-refractivity contribution in [1.29, 1.82) is 0 Å². The van der Waals surface area contributed by atoms with Crippen LogP contribution in [-0.2, 0) is 9.53 Å². The van der Waals surface area contributed by atoms with E-state index in [-0.39, 0.29) is 6.61 Å².